The van der Waals surface area contributed by atoms with Crippen molar-refractivity contribution in [3.8, 4) is 11.8 Å². The Hall–Kier alpha value is -2.34. The minimum atomic E-state index is 0.0653. The quantitative estimate of drug-likeness (QED) is 0.677. The molecule has 25 heavy (non-hydrogen) atoms. The molecule has 2 aromatic rings. The van der Waals surface area contributed by atoms with E-state index in [0.29, 0.717) is 18.6 Å². The third-order valence-electron chi connectivity index (χ3n) is 5.12. The summed E-state index contributed by atoms with van der Waals surface area (Å²) in [6.07, 6.45) is 7.52. The molecule has 2 aliphatic carbocycles. The molecular weight excluding hydrogens is 308 g/mol. The molecule has 2 heteroatoms. The predicted molar refractivity (Wildman–Crippen MR) is 98.7 cm³/mol. The Morgan fingerprint density at radius 2 is 1.48 bits per heavy atom. The Morgan fingerprint density at radius 1 is 0.840 bits per heavy atom. The molecular formula is C23H22O2. The second-order valence-corrected chi connectivity index (χ2v) is 6.93. The van der Waals surface area contributed by atoms with Crippen LogP contribution in [-0.4, -0.2) is 11.2 Å². The van der Waals surface area contributed by atoms with E-state index in [1.165, 1.54) is 18.4 Å². The highest BCUT2D eigenvalue weighted by Crippen LogP contribution is 2.40. The van der Waals surface area contributed by atoms with E-state index in [2.05, 4.69) is 48.3 Å². The molecule has 126 valence electrons. The lowest BCUT2D eigenvalue weighted by Crippen LogP contribution is -2.17. The van der Waals surface area contributed by atoms with E-state index in [1.54, 1.807) is 0 Å². The number of ether oxygens (including phenoxy) is 1. The Bertz CT molecular complexity index is 806. The first-order chi connectivity index (χ1) is 12.3. The summed E-state index contributed by atoms with van der Waals surface area (Å²) in [6.45, 7) is 0.744. The van der Waals surface area contributed by atoms with Crippen molar-refractivity contribution in [1.82, 2.24) is 0 Å². The number of aliphatic hydroxyl groups excluding tert-OH is 1. The molecule has 1 fully saturated rings. The minimum Gasteiger partial charge on any atom is -0.392 e. The van der Waals surface area contributed by atoms with Crippen LogP contribution in [0, 0.1) is 23.7 Å². The van der Waals surface area contributed by atoms with Crippen LogP contribution in [-0.2, 0) is 18.0 Å². The van der Waals surface area contributed by atoms with Crippen LogP contribution in [0.2, 0.25) is 0 Å². The summed E-state index contributed by atoms with van der Waals surface area (Å²) in [6, 6.07) is 16.0. The summed E-state index contributed by atoms with van der Waals surface area (Å²) in [4.78, 5) is 0. The molecule has 2 aliphatic rings. The van der Waals surface area contributed by atoms with Gasteiger partial charge in [-0.2, -0.15) is 0 Å². The maximum Gasteiger partial charge on any atom is 0.0720 e. The van der Waals surface area contributed by atoms with Gasteiger partial charge in [0.1, 0.15) is 0 Å². The monoisotopic (exact) mass is 330 g/mol. The molecule has 2 aromatic carbocycles. The van der Waals surface area contributed by atoms with E-state index in [-0.39, 0.29) is 6.61 Å². The molecule has 0 amide bonds. The van der Waals surface area contributed by atoms with Crippen LogP contribution in [0.4, 0.5) is 0 Å². The molecule has 0 saturated heterocycles. The van der Waals surface area contributed by atoms with E-state index in [9.17, 15) is 0 Å². The lowest BCUT2D eigenvalue weighted by atomic mass is 10.0. The van der Waals surface area contributed by atoms with Crippen LogP contribution in [0.15, 0.2) is 60.7 Å². The van der Waals surface area contributed by atoms with Crippen LogP contribution >= 0.6 is 0 Å². The van der Waals surface area contributed by atoms with E-state index < -0.39 is 0 Å². The van der Waals surface area contributed by atoms with Gasteiger partial charge in [-0.15, -0.1) is 0 Å². The topological polar surface area (TPSA) is 29.5 Å². The van der Waals surface area contributed by atoms with Crippen LogP contribution in [0.1, 0.15) is 35.1 Å². The fraction of sp³-hybridized carbons (Fsp3) is 0.304. The van der Waals surface area contributed by atoms with Crippen LogP contribution < -0.4 is 0 Å². The fourth-order valence-corrected chi connectivity index (χ4v) is 3.65. The zero-order valence-electron chi connectivity index (χ0n) is 14.2. The average molecular weight is 330 g/mol. The first kappa shape index (κ1) is 16.1. The molecule has 3 atom stereocenters. The predicted octanol–water partition coefficient (Wildman–Crippen LogP) is 4.06. The molecule has 2 bridgehead atoms. The zero-order chi connectivity index (χ0) is 17.1. The van der Waals surface area contributed by atoms with Gasteiger partial charge in [0.05, 0.1) is 19.3 Å². The summed E-state index contributed by atoms with van der Waals surface area (Å²) in [7, 11) is 0. The molecule has 1 N–H and O–H groups in total. The summed E-state index contributed by atoms with van der Waals surface area (Å²) >= 11 is 0. The van der Waals surface area contributed by atoms with E-state index in [1.807, 2.05) is 24.3 Å². The number of allylic oxidation sites excluding steroid dienone is 1. The molecule has 0 heterocycles. The normalized spacial score (nSPS) is 23.5. The van der Waals surface area contributed by atoms with Gasteiger partial charge in [-0.3, -0.25) is 0 Å². The highest BCUT2D eigenvalue weighted by Gasteiger charge is 2.36. The van der Waals surface area contributed by atoms with Crippen molar-refractivity contribution in [2.75, 3.05) is 0 Å². The zero-order valence-corrected chi connectivity index (χ0v) is 14.2. The van der Waals surface area contributed by atoms with Gasteiger partial charge in [-0.25, -0.2) is 0 Å². The number of benzene rings is 2. The summed E-state index contributed by atoms with van der Waals surface area (Å²) in [5, 5.41) is 9.06. The van der Waals surface area contributed by atoms with Gasteiger partial charge in [0.15, 0.2) is 0 Å². The molecule has 0 aromatic heterocycles. The lowest BCUT2D eigenvalue weighted by Gasteiger charge is -2.18. The number of aliphatic hydroxyl groups is 1. The second kappa shape index (κ2) is 7.27. The smallest absolute Gasteiger partial charge is 0.0720 e. The molecule has 1 saturated carbocycles. The lowest BCUT2D eigenvalue weighted by molar-refractivity contribution is 0.0245. The van der Waals surface area contributed by atoms with Crippen molar-refractivity contribution in [1.29, 1.82) is 0 Å². The van der Waals surface area contributed by atoms with Gasteiger partial charge in [-0.1, -0.05) is 48.3 Å². The highest BCUT2D eigenvalue weighted by molar-refractivity contribution is 5.44. The van der Waals surface area contributed by atoms with Gasteiger partial charge < -0.3 is 9.84 Å². The van der Waals surface area contributed by atoms with Crippen molar-refractivity contribution in [2.24, 2.45) is 11.8 Å². The van der Waals surface area contributed by atoms with Crippen molar-refractivity contribution in [3.63, 3.8) is 0 Å². The van der Waals surface area contributed by atoms with Crippen molar-refractivity contribution in [2.45, 2.75) is 32.2 Å². The summed E-state index contributed by atoms with van der Waals surface area (Å²) < 4.78 is 6.11. The first-order valence-corrected chi connectivity index (χ1v) is 8.91. The van der Waals surface area contributed by atoms with Crippen molar-refractivity contribution >= 4 is 0 Å². The van der Waals surface area contributed by atoms with E-state index in [0.717, 1.165) is 22.6 Å². The Kier molecular flexibility index (Phi) is 4.70. The van der Waals surface area contributed by atoms with Gasteiger partial charge in [-0.05, 0) is 54.2 Å². The van der Waals surface area contributed by atoms with Gasteiger partial charge in [0.2, 0.25) is 0 Å². The number of rotatable bonds is 4. The van der Waals surface area contributed by atoms with Crippen LogP contribution in [0.25, 0.3) is 0 Å². The standard InChI is InChI=1S/C23H22O2/c24-15-19-7-3-17(4-8-19)1-2-18-5-9-20(10-6-18)16-25-23-14-21-11-12-22(23)13-21/h3-12,21-24H,13-16H2. The van der Waals surface area contributed by atoms with Gasteiger partial charge in [0, 0.05) is 17.0 Å². The largest absolute Gasteiger partial charge is 0.392 e. The Balaban J connectivity index is 1.34. The van der Waals surface area contributed by atoms with Crippen molar-refractivity contribution in [3.05, 3.63) is 82.9 Å². The number of hydrogen-bond donors (Lipinski definition) is 1. The molecule has 0 spiro atoms. The minimum absolute atomic E-state index is 0.0653. The van der Waals surface area contributed by atoms with Crippen LogP contribution in [0.3, 0.4) is 0 Å². The van der Waals surface area contributed by atoms with E-state index >= 15 is 0 Å². The molecule has 2 nitrogen and oxygen atoms in total. The Morgan fingerprint density at radius 3 is 2.00 bits per heavy atom. The third kappa shape index (κ3) is 3.85. The maximum absolute atomic E-state index is 9.06. The molecule has 3 unspecified atom stereocenters. The average Bonchev–Trinajstić information content (AvgIpc) is 3.29. The van der Waals surface area contributed by atoms with E-state index in [4.69, 9.17) is 9.84 Å². The van der Waals surface area contributed by atoms with Crippen LogP contribution in [0.5, 0.6) is 0 Å². The fourth-order valence-electron chi connectivity index (χ4n) is 3.65. The number of fused-ring (bicyclic) bond motifs is 2. The Labute approximate surface area is 149 Å². The van der Waals surface area contributed by atoms with Crippen molar-refractivity contribution < 1.29 is 9.84 Å². The number of hydrogen-bond acceptors (Lipinski definition) is 2. The van der Waals surface area contributed by atoms with Gasteiger partial charge >= 0.3 is 0 Å². The highest BCUT2D eigenvalue weighted by atomic mass is 16.5. The molecule has 4 rings (SSSR count). The molecule has 0 radical (unpaired) electrons. The first-order valence-electron chi connectivity index (χ1n) is 8.91. The summed E-state index contributed by atoms with van der Waals surface area (Å²) in [5.41, 5.74) is 4.05. The van der Waals surface area contributed by atoms with Gasteiger partial charge in [0.25, 0.3) is 0 Å². The second-order valence-electron chi connectivity index (χ2n) is 6.93. The molecule has 0 aliphatic heterocycles. The third-order valence-corrected chi connectivity index (χ3v) is 5.12. The SMILES string of the molecule is OCc1ccc(C#Cc2ccc(COC3CC4C=CC3C4)cc2)cc1. The maximum atomic E-state index is 9.06. The summed E-state index contributed by atoms with van der Waals surface area (Å²) in [5.74, 6) is 7.72.